The molecule has 1 aromatic heterocycles. The van der Waals surface area contributed by atoms with Crippen molar-refractivity contribution in [1.82, 2.24) is 4.57 Å². The van der Waals surface area contributed by atoms with Crippen LogP contribution >= 0.6 is 0 Å². The lowest BCUT2D eigenvalue weighted by Gasteiger charge is -2.03. The van der Waals surface area contributed by atoms with Gasteiger partial charge in [0.25, 0.3) is 0 Å². The van der Waals surface area contributed by atoms with Crippen LogP contribution in [0.4, 0.5) is 0 Å². The molecule has 0 amide bonds. The van der Waals surface area contributed by atoms with E-state index in [1.807, 2.05) is 30.5 Å². The van der Waals surface area contributed by atoms with Gasteiger partial charge in [0, 0.05) is 30.8 Å². The second-order valence-corrected chi connectivity index (χ2v) is 3.39. The molecular formula is C12H12N2O. The molecule has 0 saturated carbocycles. The van der Waals surface area contributed by atoms with Crippen molar-refractivity contribution in [2.45, 2.75) is 6.54 Å². The second-order valence-electron chi connectivity index (χ2n) is 3.39. The number of rotatable bonds is 3. The summed E-state index contributed by atoms with van der Waals surface area (Å²) in [7, 11) is 1.69. The molecule has 0 aliphatic heterocycles. The number of ether oxygens (including phenoxy) is 1. The van der Waals surface area contributed by atoms with E-state index >= 15 is 0 Å². The SMILES string of the molecule is COCCn1ccc2cc(C#N)ccc21. The summed E-state index contributed by atoms with van der Waals surface area (Å²) < 4.78 is 7.16. The summed E-state index contributed by atoms with van der Waals surface area (Å²) in [6, 6.07) is 9.87. The lowest BCUT2D eigenvalue weighted by atomic mass is 10.2. The largest absolute Gasteiger partial charge is 0.383 e. The van der Waals surface area contributed by atoms with Crippen molar-refractivity contribution < 1.29 is 4.74 Å². The molecule has 3 nitrogen and oxygen atoms in total. The van der Waals surface area contributed by atoms with E-state index in [0.29, 0.717) is 12.2 Å². The van der Waals surface area contributed by atoms with Crippen LogP contribution in [0.5, 0.6) is 0 Å². The van der Waals surface area contributed by atoms with E-state index < -0.39 is 0 Å². The lowest BCUT2D eigenvalue weighted by molar-refractivity contribution is 0.188. The zero-order valence-corrected chi connectivity index (χ0v) is 8.60. The topological polar surface area (TPSA) is 38.0 Å². The van der Waals surface area contributed by atoms with Gasteiger partial charge in [0.05, 0.1) is 18.2 Å². The summed E-state index contributed by atoms with van der Waals surface area (Å²) in [6.45, 7) is 1.54. The molecule has 0 fully saturated rings. The molecule has 0 aliphatic rings. The molecule has 2 rings (SSSR count). The van der Waals surface area contributed by atoms with Crippen molar-refractivity contribution in [2.24, 2.45) is 0 Å². The average Bonchev–Trinajstić information content (AvgIpc) is 2.68. The number of nitrogens with zero attached hydrogens (tertiary/aromatic N) is 2. The Labute approximate surface area is 88.5 Å². The van der Waals surface area contributed by atoms with Crippen LogP contribution < -0.4 is 0 Å². The smallest absolute Gasteiger partial charge is 0.0991 e. The third kappa shape index (κ3) is 1.85. The van der Waals surface area contributed by atoms with Gasteiger partial charge in [-0.15, -0.1) is 0 Å². The highest BCUT2D eigenvalue weighted by Gasteiger charge is 2.01. The zero-order valence-electron chi connectivity index (χ0n) is 8.60. The molecule has 76 valence electrons. The first-order valence-electron chi connectivity index (χ1n) is 4.83. The van der Waals surface area contributed by atoms with Crippen LogP contribution in [0.25, 0.3) is 10.9 Å². The van der Waals surface area contributed by atoms with Gasteiger partial charge in [0.15, 0.2) is 0 Å². The first kappa shape index (κ1) is 9.75. The fraction of sp³-hybridized carbons (Fsp3) is 0.250. The van der Waals surface area contributed by atoms with Crippen molar-refractivity contribution >= 4 is 10.9 Å². The minimum Gasteiger partial charge on any atom is -0.383 e. The molecule has 0 unspecified atom stereocenters. The van der Waals surface area contributed by atoms with Gasteiger partial charge in [0.2, 0.25) is 0 Å². The third-order valence-corrected chi connectivity index (χ3v) is 2.44. The summed E-state index contributed by atoms with van der Waals surface area (Å²) in [5.41, 5.74) is 1.85. The van der Waals surface area contributed by atoms with Crippen LogP contribution in [0.2, 0.25) is 0 Å². The fourth-order valence-electron chi connectivity index (χ4n) is 1.65. The van der Waals surface area contributed by atoms with E-state index in [1.165, 1.54) is 0 Å². The number of benzene rings is 1. The number of nitriles is 1. The van der Waals surface area contributed by atoms with E-state index in [9.17, 15) is 0 Å². The Bertz CT molecular complexity index is 508. The number of aromatic nitrogens is 1. The number of fused-ring (bicyclic) bond motifs is 1. The van der Waals surface area contributed by atoms with Crippen LogP contribution in [-0.2, 0) is 11.3 Å². The Kier molecular flexibility index (Phi) is 2.70. The molecule has 0 N–H and O–H groups in total. The van der Waals surface area contributed by atoms with Crippen molar-refractivity contribution in [3.63, 3.8) is 0 Å². The highest BCUT2D eigenvalue weighted by Crippen LogP contribution is 2.17. The fourth-order valence-corrected chi connectivity index (χ4v) is 1.65. The van der Waals surface area contributed by atoms with Gasteiger partial charge in [-0.1, -0.05) is 0 Å². The molecule has 0 spiro atoms. The van der Waals surface area contributed by atoms with Crippen LogP contribution in [0, 0.1) is 11.3 Å². The molecule has 0 saturated heterocycles. The predicted molar refractivity (Wildman–Crippen MR) is 58.5 cm³/mol. The summed E-state index contributed by atoms with van der Waals surface area (Å²) >= 11 is 0. The highest BCUT2D eigenvalue weighted by atomic mass is 16.5. The zero-order chi connectivity index (χ0) is 10.7. The quantitative estimate of drug-likeness (QED) is 0.761. The number of methoxy groups -OCH3 is 1. The van der Waals surface area contributed by atoms with Gasteiger partial charge >= 0.3 is 0 Å². The van der Waals surface area contributed by atoms with Crippen LogP contribution in [0.3, 0.4) is 0 Å². The van der Waals surface area contributed by atoms with E-state index in [-0.39, 0.29) is 0 Å². The minimum absolute atomic E-state index is 0.698. The molecule has 3 heteroatoms. The van der Waals surface area contributed by atoms with Gasteiger partial charge in [-0.05, 0) is 24.3 Å². The molecule has 0 radical (unpaired) electrons. The second kappa shape index (κ2) is 4.16. The molecule has 0 atom stereocenters. The maximum absolute atomic E-state index is 8.77. The molecule has 15 heavy (non-hydrogen) atoms. The molecular weight excluding hydrogens is 188 g/mol. The molecule has 0 bridgehead atoms. The van der Waals surface area contributed by atoms with Crippen molar-refractivity contribution in [3.8, 4) is 6.07 Å². The van der Waals surface area contributed by atoms with Crippen molar-refractivity contribution in [2.75, 3.05) is 13.7 Å². The Balaban J connectivity index is 2.39. The standard InChI is InChI=1S/C12H12N2O/c1-15-7-6-14-5-4-11-8-10(9-13)2-3-12(11)14/h2-5,8H,6-7H2,1H3. The Morgan fingerprint density at radius 3 is 3.00 bits per heavy atom. The summed E-state index contributed by atoms with van der Waals surface area (Å²) in [6.07, 6.45) is 2.02. The van der Waals surface area contributed by atoms with Gasteiger partial charge in [0.1, 0.15) is 0 Å². The number of hydrogen-bond donors (Lipinski definition) is 0. The molecule has 0 aliphatic carbocycles. The van der Waals surface area contributed by atoms with E-state index in [1.54, 1.807) is 7.11 Å². The van der Waals surface area contributed by atoms with E-state index in [4.69, 9.17) is 10.00 Å². The van der Waals surface area contributed by atoms with Crippen LogP contribution in [0.15, 0.2) is 30.5 Å². The predicted octanol–water partition coefficient (Wildman–Crippen LogP) is 2.16. The first-order chi connectivity index (χ1) is 7.35. The number of hydrogen-bond acceptors (Lipinski definition) is 2. The maximum atomic E-state index is 8.77. The van der Waals surface area contributed by atoms with Gasteiger partial charge in [-0.3, -0.25) is 0 Å². The minimum atomic E-state index is 0.698. The Morgan fingerprint density at radius 1 is 1.40 bits per heavy atom. The monoisotopic (exact) mass is 200 g/mol. The highest BCUT2D eigenvalue weighted by molar-refractivity contribution is 5.81. The lowest BCUT2D eigenvalue weighted by Crippen LogP contribution is -2.02. The summed E-state index contributed by atoms with van der Waals surface area (Å²) in [5, 5.41) is 9.87. The maximum Gasteiger partial charge on any atom is 0.0991 e. The van der Waals surface area contributed by atoms with Crippen molar-refractivity contribution in [3.05, 3.63) is 36.0 Å². The third-order valence-electron chi connectivity index (χ3n) is 2.44. The first-order valence-corrected chi connectivity index (χ1v) is 4.83. The van der Waals surface area contributed by atoms with Crippen molar-refractivity contribution in [1.29, 1.82) is 5.26 Å². The average molecular weight is 200 g/mol. The van der Waals surface area contributed by atoms with Gasteiger partial charge < -0.3 is 9.30 Å². The van der Waals surface area contributed by atoms with Crippen LogP contribution in [0.1, 0.15) is 5.56 Å². The molecule has 2 aromatic rings. The Hall–Kier alpha value is -1.79. The molecule has 1 aromatic carbocycles. The van der Waals surface area contributed by atoms with Gasteiger partial charge in [-0.25, -0.2) is 0 Å². The molecule has 1 heterocycles. The summed E-state index contributed by atoms with van der Waals surface area (Å²) in [5.74, 6) is 0. The van der Waals surface area contributed by atoms with E-state index in [2.05, 4.69) is 10.6 Å². The Morgan fingerprint density at radius 2 is 2.27 bits per heavy atom. The van der Waals surface area contributed by atoms with E-state index in [0.717, 1.165) is 17.4 Å². The summed E-state index contributed by atoms with van der Waals surface area (Å²) in [4.78, 5) is 0. The normalized spacial score (nSPS) is 10.4. The van der Waals surface area contributed by atoms with Crippen LogP contribution in [-0.4, -0.2) is 18.3 Å². The van der Waals surface area contributed by atoms with Gasteiger partial charge in [-0.2, -0.15) is 5.26 Å².